The Morgan fingerprint density at radius 2 is 1.88 bits per heavy atom. The summed E-state index contributed by atoms with van der Waals surface area (Å²) in [7, 11) is 4.81. The number of ether oxygens (including phenoxy) is 3. The molecule has 33 heavy (non-hydrogen) atoms. The van der Waals surface area contributed by atoms with Crippen LogP contribution in [-0.2, 0) is 9.53 Å². The van der Waals surface area contributed by atoms with Gasteiger partial charge in [0.15, 0.2) is 16.7 Å². The summed E-state index contributed by atoms with van der Waals surface area (Å²) >= 11 is 1.27. The van der Waals surface area contributed by atoms with Crippen LogP contribution in [0, 0.1) is 0 Å². The summed E-state index contributed by atoms with van der Waals surface area (Å²) in [5.41, 5.74) is 1.91. The first-order valence-corrected chi connectivity index (χ1v) is 11.3. The number of methoxy groups -OCH3 is 2. The number of hydrogen-bond donors (Lipinski definition) is 0. The van der Waals surface area contributed by atoms with Gasteiger partial charge < -0.3 is 19.1 Å². The van der Waals surface area contributed by atoms with Gasteiger partial charge in [-0.15, -0.1) is 0 Å². The first-order chi connectivity index (χ1) is 16.0. The number of morpholine rings is 1. The van der Waals surface area contributed by atoms with Gasteiger partial charge in [0.1, 0.15) is 0 Å². The van der Waals surface area contributed by atoms with Crippen LogP contribution in [0.2, 0.25) is 0 Å². The van der Waals surface area contributed by atoms with Crippen LogP contribution in [0.4, 0.5) is 5.69 Å². The van der Waals surface area contributed by atoms with Crippen molar-refractivity contribution in [1.29, 1.82) is 0 Å². The number of carbonyl (C=O) groups excluding carboxylic acids is 2. The molecule has 0 saturated carbocycles. The van der Waals surface area contributed by atoms with E-state index in [1.54, 1.807) is 56.5 Å². The SMILES string of the molecule is COc1cccc(/C=C2/SC(=Nc3cccc(C(=O)N4CCOCC4)c3)N(C)C2=O)c1OC. The van der Waals surface area contributed by atoms with Crippen LogP contribution >= 0.6 is 11.8 Å². The Hall–Kier alpha value is -3.30. The van der Waals surface area contributed by atoms with Crippen LogP contribution in [0.3, 0.4) is 0 Å². The Bertz CT molecular complexity index is 1120. The van der Waals surface area contributed by atoms with E-state index in [-0.39, 0.29) is 11.8 Å². The lowest BCUT2D eigenvalue weighted by Gasteiger charge is -2.26. The van der Waals surface area contributed by atoms with Crippen molar-refractivity contribution in [2.75, 3.05) is 47.6 Å². The molecule has 2 aliphatic rings. The van der Waals surface area contributed by atoms with Crippen LogP contribution in [0.5, 0.6) is 11.5 Å². The molecule has 0 N–H and O–H groups in total. The summed E-state index contributed by atoms with van der Waals surface area (Å²) in [4.78, 5) is 34.1. The van der Waals surface area contributed by atoms with Crippen molar-refractivity contribution in [2.45, 2.75) is 0 Å². The maximum atomic E-state index is 12.9. The molecule has 0 aromatic heterocycles. The third-order valence-corrected chi connectivity index (χ3v) is 6.40. The summed E-state index contributed by atoms with van der Waals surface area (Å²) in [6.07, 6.45) is 1.77. The van der Waals surface area contributed by atoms with Gasteiger partial charge in [-0.3, -0.25) is 14.5 Å². The summed E-state index contributed by atoms with van der Waals surface area (Å²) in [5, 5.41) is 0.532. The number of benzene rings is 2. The number of para-hydroxylation sites is 1. The Balaban J connectivity index is 1.59. The molecule has 2 amide bonds. The molecule has 172 valence electrons. The summed E-state index contributed by atoms with van der Waals surface area (Å²) in [6.45, 7) is 2.24. The van der Waals surface area contributed by atoms with Crippen molar-refractivity contribution < 1.29 is 23.8 Å². The highest BCUT2D eigenvalue weighted by atomic mass is 32.2. The Morgan fingerprint density at radius 1 is 1.12 bits per heavy atom. The van der Waals surface area contributed by atoms with Crippen molar-refractivity contribution in [3.63, 3.8) is 0 Å². The van der Waals surface area contributed by atoms with E-state index in [0.29, 0.717) is 59.1 Å². The number of amidine groups is 1. The third kappa shape index (κ3) is 4.89. The number of hydrogen-bond acceptors (Lipinski definition) is 7. The molecule has 2 saturated heterocycles. The molecule has 2 fully saturated rings. The van der Waals surface area contributed by atoms with Crippen molar-refractivity contribution in [3.05, 3.63) is 58.5 Å². The quantitative estimate of drug-likeness (QED) is 0.627. The molecule has 0 spiro atoms. The van der Waals surface area contributed by atoms with Crippen molar-refractivity contribution >= 4 is 40.5 Å². The zero-order valence-corrected chi connectivity index (χ0v) is 19.6. The minimum absolute atomic E-state index is 0.0467. The Morgan fingerprint density at radius 3 is 2.61 bits per heavy atom. The largest absolute Gasteiger partial charge is 0.493 e. The maximum Gasteiger partial charge on any atom is 0.266 e. The minimum atomic E-state index is -0.163. The predicted molar refractivity (Wildman–Crippen MR) is 128 cm³/mol. The van der Waals surface area contributed by atoms with Crippen LogP contribution in [0.25, 0.3) is 6.08 Å². The van der Waals surface area contributed by atoms with Gasteiger partial charge in [0, 0.05) is 31.3 Å². The van der Waals surface area contributed by atoms with Crippen LogP contribution in [0.15, 0.2) is 52.4 Å². The molecule has 0 bridgehead atoms. The van der Waals surface area contributed by atoms with Crippen molar-refractivity contribution in [2.24, 2.45) is 4.99 Å². The van der Waals surface area contributed by atoms with E-state index in [1.165, 1.54) is 16.7 Å². The molecule has 0 atom stereocenters. The lowest BCUT2D eigenvalue weighted by Crippen LogP contribution is -2.40. The molecule has 2 heterocycles. The molecule has 2 aromatic carbocycles. The molecule has 0 radical (unpaired) electrons. The van der Waals surface area contributed by atoms with Gasteiger partial charge in [0.2, 0.25) is 0 Å². The van der Waals surface area contributed by atoms with E-state index in [0.717, 1.165) is 5.56 Å². The minimum Gasteiger partial charge on any atom is -0.493 e. The smallest absolute Gasteiger partial charge is 0.266 e. The lowest BCUT2D eigenvalue weighted by atomic mass is 10.1. The van der Waals surface area contributed by atoms with Gasteiger partial charge in [-0.05, 0) is 42.1 Å². The second-order valence-corrected chi connectivity index (χ2v) is 8.42. The Kier molecular flexibility index (Phi) is 7.00. The zero-order chi connectivity index (χ0) is 23.4. The van der Waals surface area contributed by atoms with Crippen molar-refractivity contribution in [1.82, 2.24) is 9.80 Å². The summed E-state index contributed by atoms with van der Waals surface area (Å²) < 4.78 is 16.1. The number of rotatable bonds is 5. The van der Waals surface area contributed by atoms with E-state index < -0.39 is 0 Å². The molecular formula is C24H25N3O5S. The first kappa shape index (κ1) is 22.9. The van der Waals surface area contributed by atoms with E-state index in [4.69, 9.17) is 14.2 Å². The van der Waals surface area contributed by atoms with E-state index in [2.05, 4.69) is 4.99 Å². The average Bonchev–Trinajstić information content (AvgIpc) is 3.11. The van der Waals surface area contributed by atoms with Crippen LogP contribution in [0.1, 0.15) is 15.9 Å². The average molecular weight is 468 g/mol. The number of nitrogens with zero attached hydrogens (tertiary/aromatic N) is 3. The number of aliphatic imine (C=N–C) groups is 1. The molecular weight excluding hydrogens is 442 g/mol. The lowest BCUT2D eigenvalue weighted by molar-refractivity contribution is -0.121. The van der Waals surface area contributed by atoms with E-state index in [1.807, 2.05) is 18.2 Å². The van der Waals surface area contributed by atoms with Gasteiger partial charge in [-0.25, -0.2) is 4.99 Å². The van der Waals surface area contributed by atoms with Gasteiger partial charge in [0.05, 0.1) is 38.0 Å². The number of likely N-dealkylation sites (N-methyl/N-ethyl adjacent to an activating group) is 1. The van der Waals surface area contributed by atoms with Gasteiger partial charge >= 0.3 is 0 Å². The highest BCUT2D eigenvalue weighted by Gasteiger charge is 2.31. The van der Waals surface area contributed by atoms with Gasteiger partial charge in [-0.1, -0.05) is 18.2 Å². The highest BCUT2D eigenvalue weighted by Crippen LogP contribution is 2.37. The summed E-state index contributed by atoms with van der Waals surface area (Å²) in [5.74, 6) is 0.938. The van der Waals surface area contributed by atoms with Gasteiger partial charge in [0.25, 0.3) is 11.8 Å². The number of amides is 2. The molecule has 0 aliphatic carbocycles. The second-order valence-electron chi connectivity index (χ2n) is 7.41. The fraction of sp³-hybridized carbons (Fsp3) is 0.292. The van der Waals surface area contributed by atoms with Crippen LogP contribution in [-0.4, -0.2) is 74.4 Å². The number of carbonyl (C=O) groups is 2. The normalized spacial score (nSPS) is 18.8. The maximum absolute atomic E-state index is 12.9. The zero-order valence-electron chi connectivity index (χ0n) is 18.7. The molecule has 2 aromatic rings. The highest BCUT2D eigenvalue weighted by molar-refractivity contribution is 8.18. The third-order valence-electron chi connectivity index (χ3n) is 5.34. The van der Waals surface area contributed by atoms with Gasteiger partial charge in [-0.2, -0.15) is 0 Å². The van der Waals surface area contributed by atoms with E-state index >= 15 is 0 Å². The molecule has 0 unspecified atom stereocenters. The molecule has 2 aliphatic heterocycles. The molecule has 4 rings (SSSR count). The fourth-order valence-electron chi connectivity index (χ4n) is 3.59. The monoisotopic (exact) mass is 467 g/mol. The number of thioether (sulfide) groups is 1. The second kappa shape index (κ2) is 10.1. The first-order valence-electron chi connectivity index (χ1n) is 10.5. The topological polar surface area (TPSA) is 80.7 Å². The van der Waals surface area contributed by atoms with Crippen molar-refractivity contribution in [3.8, 4) is 11.5 Å². The predicted octanol–water partition coefficient (Wildman–Crippen LogP) is 3.41. The molecule has 9 heteroatoms. The van der Waals surface area contributed by atoms with Crippen LogP contribution < -0.4 is 9.47 Å². The Labute approximate surface area is 196 Å². The summed E-state index contributed by atoms with van der Waals surface area (Å²) in [6, 6.07) is 12.6. The molecule has 8 nitrogen and oxygen atoms in total. The fourth-order valence-corrected chi connectivity index (χ4v) is 4.56. The van der Waals surface area contributed by atoms with E-state index in [9.17, 15) is 9.59 Å². The standard InChI is InChI=1S/C24H25N3O5S/c1-26-23(29)20(15-16-6-5-9-19(30-2)21(16)31-3)33-24(26)25-18-8-4-7-17(14-18)22(28)27-10-12-32-13-11-27/h4-9,14-15H,10-13H2,1-3H3/b20-15+,25-24?.